The average Bonchev–Trinajstić information content (AvgIpc) is 2.52. The number of nitrogens with zero attached hydrogens (tertiary/aromatic N) is 3. The number of hydrogen-bond donors (Lipinski definition) is 1. The molecule has 2 aromatic heterocycles. The van der Waals surface area contributed by atoms with Crippen molar-refractivity contribution in [1.82, 2.24) is 14.3 Å². The van der Waals surface area contributed by atoms with Gasteiger partial charge in [-0.25, -0.2) is 4.98 Å². The first-order valence-electron chi connectivity index (χ1n) is 5.84. The van der Waals surface area contributed by atoms with Crippen LogP contribution >= 0.6 is 0 Å². The second-order valence-corrected chi connectivity index (χ2v) is 4.89. The number of fused-ring (bicyclic) bond motifs is 1. The number of aromatic nitrogens is 2. The number of rotatable bonds is 3. The molecule has 4 nitrogen and oxygen atoms in total. The molecule has 4 heteroatoms. The molecule has 0 aliphatic carbocycles. The highest BCUT2D eigenvalue weighted by atomic mass is 15.1. The van der Waals surface area contributed by atoms with Crippen LogP contribution in [0.15, 0.2) is 18.3 Å². The van der Waals surface area contributed by atoms with E-state index in [0.29, 0.717) is 0 Å². The fourth-order valence-electron chi connectivity index (χ4n) is 2.21. The van der Waals surface area contributed by atoms with E-state index < -0.39 is 0 Å². The Balaban J connectivity index is 2.51. The third kappa shape index (κ3) is 2.33. The summed E-state index contributed by atoms with van der Waals surface area (Å²) in [5.41, 5.74) is 10.6. The maximum atomic E-state index is 6.25. The fourth-order valence-corrected chi connectivity index (χ4v) is 2.21. The van der Waals surface area contributed by atoms with Gasteiger partial charge in [-0.15, -0.1) is 0 Å². The van der Waals surface area contributed by atoms with Crippen LogP contribution in [0.25, 0.3) is 5.65 Å². The molecule has 0 saturated carbocycles. The van der Waals surface area contributed by atoms with Gasteiger partial charge in [0.05, 0.1) is 17.4 Å². The normalized spacial score (nSPS) is 13.5. The van der Waals surface area contributed by atoms with Crippen LogP contribution in [-0.4, -0.2) is 34.9 Å². The predicted molar refractivity (Wildman–Crippen MR) is 70.1 cm³/mol. The summed E-state index contributed by atoms with van der Waals surface area (Å²) in [6.45, 7) is 4.92. The lowest BCUT2D eigenvalue weighted by molar-refractivity contribution is 0.372. The Hall–Kier alpha value is -1.39. The average molecular weight is 232 g/mol. The van der Waals surface area contributed by atoms with E-state index in [1.165, 1.54) is 5.56 Å². The SMILES string of the molecule is Cc1ccc2nc(C)c(C(N)CN(C)C)n2c1. The van der Waals surface area contributed by atoms with Crippen LogP contribution in [0, 0.1) is 13.8 Å². The fraction of sp³-hybridized carbons (Fsp3) is 0.462. The molecule has 2 N–H and O–H groups in total. The molecule has 92 valence electrons. The van der Waals surface area contributed by atoms with E-state index in [2.05, 4.69) is 33.5 Å². The minimum atomic E-state index is -0.0122. The Kier molecular flexibility index (Phi) is 3.17. The molecule has 0 aliphatic heterocycles. The number of imidazole rings is 1. The Morgan fingerprint density at radius 2 is 2.06 bits per heavy atom. The van der Waals surface area contributed by atoms with E-state index in [1.54, 1.807) is 0 Å². The molecule has 0 amide bonds. The molecule has 0 saturated heterocycles. The highest BCUT2D eigenvalue weighted by molar-refractivity contribution is 5.45. The van der Waals surface area contributed by atoms with Gasteiger partial charge in [0.25, 0.3) is 0 Å². The van der Waals surface area contributed by atoms with Gasteiger partial charge in [0.1, 0.15) is 5.65 Å². The van der Waals surface area contributed by atoms with Gasteiger partial charge >= 0.3 is 0 Å². The molecular weight excluding hydrogens is 212 g/mol. The molecule has 2 heterocycles. The summed E-state index contributed by atoms with van der Waals surface area (Å²) >= 11 is 0. The summed E-state index contributed by atoms with van der Waals surface area (Å²) in [5, 5.41) is 0. The molecule has 0 spiro atoms. The number of pyridine rings is 1. The molecule has 0 fully saturated rings. The van der Waals surface area contributed by atoms with Crippen molar-refractivity contribution < 1.29 is 0 Å². The zero-order chi connectivity index (χ0) is 12.6. The van der Waals surface area contributed by atoms with Gasteiger partial charge in [-0.2, -0.15) is 0 Å². The van der Waals surface area contributed by atoms with Crippen molar-refractivity contribution in [1.29, 1.82) is 0 Å². The molecule has 0 aliphatic rings. The molecular formula is C13H20N4. The first-order chi connectivity index (χ1) is 7.99. The highest BCUT2D eigenvalue weighted by Crippen LogP contribution is 2.19. The largest absolute Gasteiger partial charge is 0.322 e. The second kappa shape index (κ2) is 4.47. The van der Waals surface area contributed by atoms with E-state index in [1.807, 2.05) is 27.1 Å². The lowest BCUT2D eigenvalue weighted by atomic mass is 10.1. The molecule has 1 atom stereocenters. The van der Waals surface area contributed by atoms with E-state index in [0.717, 1.165) is 23.6 Å². The number of hydrogen-bond acceptors (Lipinski definition) is 3. The van der Waals surface area contributed by atoms with E-state index in [9.17, 15) is 0 Å². The van der Waals surface area contributed by atoms with Gasteiger partial charge in [0.2, 0.25) is 0 Å². The summed E-state index contributed by atoms with van der Waals surface area (Å²) in [6, 6.07) is 4.10. The Morgan fingerprint density at radius 3 is 2.71 bits per heavy atom. The van der Waals surface area contributed by atoms with Crippen LogP contribution < -0.4 is 5.73 Å². The molecule has 0 radical (unpaired) electrons. The lowest BCUT2D eigenvalue weighted by Gasteiger charge is -2.17. The molecule has 17 heavy (non-hydrogen) atoms. The Morgan fingerprint density at radius 1 is 1.35 bits per heavy atom. The Labute approximate surface area is 102 Å². The lowest BCUT2D eigenvalue weighted by Crippen LogP contribution is -2.27. The molecule has 2 aromatic rings. The maximum Gasteiger partial charge on any atom is 0.137 e. The minimum absolute atomic E-state index is 0.0122. The van der Waals surface area contributed by atoms with Gasteiger partial charge in [0.15, 0.2) is 0 Å². The highest BCUT2D eigenvalue weighted by Gasteiger charge is 2.16. The van der Waals surface area contributed by atoms with E-state index in [4.69, 9.17) is 5.73 Å². The van der Waals surface area contributed by atoms with Crippen LogP contribution in [0.4, 0.5) is 0 Å². The summed E-state index contributed by atoms with van der Waals surface area (Å²) in [5.74, 6) is 0. The van der Waals surface area contributed by atoms with Crippen molar-refractivity contribution >= 4 is 5.65 Å². The second-order valence-electron chi connectivity index (χ2n) is 4.89. The summed E-state index contributed by atoms with van der Waals surface area (Å²) < 4.78 is 2.11. The number of aryl methyl sites for hydroxylation is 2. The third-order valence-electron chi connectivity index (χ3n) is 2.90. The van der Waals surface area contributed by atoms with Crippen LogP contribution in [0.1, 0.15) is 23.0 Å². The number of nitrogens with two attached hydrogens (primary N) is 1. The van der Waals surface area contributed by atoms with E-state index in [-0.39, 0.29) is 6.04 Å². The van der Waals surface area contributed by atoms with Gasteiger partial charge < -0.3 is 15.0 Å². The minimum Gasteiger partial charge on any atom is -0.322 e. The van der Waals surface area contributed by atoms with Gasteiger partial charge in [0, 0.05) is 12.7 Å². The van der Waals surface area contributed by atoms with E-state index >= 15 is 0 Å². The first kappa shape index (κ1) is 12.1. The van der Waals surface area contributed by atoms with Crippen LogP contribution in [0.3, 0.4) is 0 Å². The number of likely N-dealkylation sites (N-methyl/N-ethyl adjacent to an activating group) is 1. The zero-order valence-electron chi connectivity index (χ0n) is 10.9. The van der Waals surface area contributed by atoms with Crippen molar-refractivity contribution in [3.05, 3.63) is 35.3 Å². The third-order valence-corrected chi connectivity index (χ3v) is 2.90. The standard InChI is InChI=1S/C13H20N4/c1-9-5-6-12-15-10(2)13(17(12)7-9)11(14)8-16(3)4/h5-7,11H,8,14H2,1-4H3. The smallest absolute Gasteiger partial charge is 0.137 e. The van der Waals surface area contributed by atoms with Gasteiger partial charge in [-0.05, 0) is 39.6 Å². The molecule has 0 aromatic carbocycles. The van der Waals surface area contributed by atoms with Crippen molar-refractivity contribution in [3.63, 3.8) is 0 Å². The maximum absolute atomic E-state index is 6.25. The molecule has 1 unspecified atom stereocenters. The molecule has 2 rings (SSSR count). The van der Waals surface area contributed by atoms with Crippen molar-refractivity contribution in [2.45, 2.75) is 19.9 Å². The zero-order valence-corrected chi connectivity index (χ0v) is 10.9. The summed E-state index contributed by atoms with van der Waals surface area (Å²) in [7, 11) is 4.06. The van der Waals surface area contributed by atoms with Gasteiger partial charge in [-0.1, -0.05) is 6.07 Å². The molecule has 0 bridgehead atoms. The van der Waals surface area contributed by atoms with Crippen molar-refractivity contribution in [3.8, 4) is 0 Å². The summed E-state index contributed by atoms with van der Waals surface area (Å²) in [4.78, 5) is 6.64. The van der Waals surface area contributed by atoms with Gasteiger partial charge in [-0.3, -0.25) is 0 Å². The topological polar surface area (TPSA) is 46.6 Å². The first-order valence-corrected chi connectivity index (χ1v) is 5.84. The van der Waals surface area contributed by atoms with Crippen molar-refractivity contribution in [2.75, 3.05) is 20.6 Å². The van der Waals surface area contributed by atoms with Crippen LogP contribution in [0.5, 0.6) is 0 Å². The Bertz CT molecular complexity index is 527. The quantitative estimate of drug-likeness (QED) is 0.872. The summed E-state index contributed by atoms with van der Waals surface area (Å²) in [6.07, 6.45) is 2.10. The predicted octanol–water partition coefficient (Wildman–Crippen LogP) is 1.51. The van der Waals surface area contributed by atoms with Crippen LogP contribution in [-0.2, 0) is 0 Å². The van der Waals surface area contributed by atoms with Crippen molar-refractivity contribution in [2.24, 2.45) is 5.73 Å². The van der Waals surface area contributed by atoms with Crippen LogP contribution in [0.2, 0.25) is 0 Å². The monoisotopic (exact) mass is 232 g/mol.